The van der Waals surface area contributed by atoms with Gasteiger partial charge in [-0.25, -0.2) is 10.0 Å². The van der Waals surface area contributed by atoms with Crippen LogP contribution in [-0.2, 0) is 11.3 Å². The molecule has 0 saturated heterocycles. The number of nitrogens with one attached hydrogen (secondary N) is 1. The van der Waals surface area contributed by atoms with Crippen molar-refractivity contribution in [1.82, 2.24) is 5.16 Å². The van der Waals surface area contributed by atoms with Crippen LogP contribution in [-0.4, -0.2) is 30.4 Å². The first-order valence-corrected chi connectivity index (χ1v) is 8.18. The summed E-state index contributed by atoms with van der Waals surface area (Å²) in [6, 6.07) is 15.5. The van der Waals surface area contributed by atoms with Crippen molar-refractivity contribution >= 4 is 17.3 Å². The predicted molar refractivity (Wildman–Crippen MR) is 97.6 cm³/mol. The highest BCUT2D eigenvalue weighted by molar-refractivity contribution is 5.96. The molecule has 8 nitrogen and oxygen atoms in total. The van der Waals surface area contributed by atoms with Gasteiger partial charge in [0, 0.05) is 37.9 Å². The van der Waals surface area contributed by atoms with Gasteiger partial charge in [0.05, 0.1) is 11.3 Å². The predicted octanol–water partition coefficient (Wildman–Crippen LogP) is 2.17. The zero-order chi connectivity index (χ0) is 19.4. The van der Waals surface area contributed by atoms with Gasteiger partial charge in [0.1, 0.15) is 12.3 Å². The molecule has 2 aromatic carbocycles. The molecule has 27 heavy (non-hydrogen) atoms. The van der Waals surface area contributed by atoms with E-state index in [4.69, 9.17) is 14.5 Å². The molecule has 8 heteroatoms. The van der Waals surface area contributed by atoms with Crippen LogP contribution in [0.4, 0.5) is 11.4 Å². The molecule has 0 amide bonds. The zero-order valence-corrected chi connectivity index (χ0v) is 14.9. The Kier molecular flexibility index (Phi) is 5.51. The normalized spacial score (nSPS) is 11.9. The second kappa shape index (κ2) is 8.00. The molecule has 140 valence electrons. The summed E-state index contributed by atoms with van der Waals surface area (Å²) < 4.78 is 10.6. The molecule has 1 heterocycles. The molecule has 0 aliphatic rings. The van der Waals surface area contributed by atoms with E-state index in [-0.39, 0.29) is 17.9 Å². The van der Waals surface area contributed by atoms with Gasteiger partial charge < -0.3 is 19.4 Å². The molecule has 0 aliphatic heterocycles. The largest absolute Gasteiger partial charge is 0.595 e. The van der Waals surface area contributed by atoms with E-state index in [1.807, 2.05) is 30.3 Å². The van der Waals surface area contributed by atoms with E-state index in [1.165, 1.54) is 12.1 Å². The fraction of sp³-hybridized carbons (Fsp3) is 0.158. The van der Waals surface area contributed by atoms with Crippen molar-refractivity contribution in [3.8, 4) is 11.3 Å². The standard InChI is InChI=1S/C19H19N3O5/c1-21(2)17-9-8-15(22(24)25)11-16(17)19(23)26-12-14-10-18(27-20-14)13-6-4-3-5-7-13/h3-11,22,24H,12H2,1-2H3. The fourth-order valence-corrected chi connectivity index (χ4v) is 2.56. The van der Waals surface area contributed by atoms with Crippen molar-refractivity contribution < 1.29 is 24.5 Å². The minimum atomic E-state index is -1.11. The van der Waals surface area contributed by atoms with Crippen molar-refractivity contribution in [3.63, 3.8) is 0 Å². The number of aromatic nitrogens is 1. The summed E-state index contributed by atoms with van der Waals surface area (Å²) in [5, 5.41) is 23.1. The Balaban J connectivity index is 1.74. The second-order valence-electron chi connectivity index (χ2n) is 6.06. The molecule has 2 N–H and O–H groups in total. The smallest absolute Gasteiger partial charge is 0.340 e. The van der Waals surface area contributed by atoms with Gasteiger partial charge in [-0.1, -0.05) is 35.5 Å². The first kappa shape index (κ1) is 18.6. The van der Waals surface area contributed by atoms with E-state index in [0.717, 1.165) is 5.56 Å². The molecule has 0 spiro atoms. The lowest BCUT2D eigenvalue weighted by Crippen LogP contribution is -2.99. The van der Waals surface area contributed by atoms with Crippen molar-refractivity contribution in [1.29, 1.82) is 0 Å². The summed E-state index contributed by atoms with van der Waals surface area (Å²) in [5.41, 5.74) is 2.08. The number of esters is 1. The number of carbonyl (C=O) groups excluding carboxylic acids is 1. The number of benzene rings is 2. The van der Waals surface area contributed by atoms with Crippen molar-refractivity contribution in [2.75, 3.05) is 19.0 Å². The molecule has 1 atom stereocenters. The van der Waals surface area contributed by atoms with Gasteiger partial charge in [0.2, 0.25) is 0 Å². The molecule has 3 aromatic rings. The molecule has 0 radical (unpaired) electrons. The van der Waals surface area contributed by atoms with Crippen LogP contribution in [0.15, 0.2) is 59.1 Å². The quantitative estimate of drug-likeness (QED) is 0.507. The summed E-state index contributed by atoms with van der Waals surface area (Å²) >= 11 is 0. The summed E-state index contributed by atoms with van der Waals surface area (Å²) in [5.74, 6) is -0.0606. The maximum Gasteiger partial charge on any atom is 0.340 e. The van der Waals surface area contributed by atoms with Crippen LogP contribution in [0.3, 0.4) is 0 Å². The third-order valence-electron chi connectivity index (χ3n) is 3.91. The number of ether oxygens (including phenoxy) is 1. The first-order valence-electron chi connectivity index (χ1n) is 8.18. The highest BCUT2D eigenvalue weighted by Crippen LogP contribution is 2.23. The van der Waals surface area contributed by atoms with Gasteiger partial charge in [-0.3, -0.25) is 0 Å². The number of carbonyl (C=O) groups is 1. The number of rotatable bonds is 6. The molecule has 3 rings (SSSR count). The van der Waals surface area contributed by atoms with Crippen molar-refractivity contribution in [3.05, 3.63) is 71.1 Å². The van der Waals surface area contributed by atoms with E-state index in [1.54, 1.807) is 31.1 Å². The fourth-order valence-electron chi connectivity index (χ4n) is 2.56. The molecule has 0 bridgehead atoms. The second-order valence-corrected chi connectivity index (χ2v) is 6.06. The van der Waals surface area contributed by atoms with Crippen LogP contribution in [0.1, 0.15) is 16.1 Å². The summed E-state index contributed by atoms with van der Waals surface area (Å²) in [6.07, 6.45) is 0. The Morgan fingerprint density at radius 3 is 2.63 bits per heavy atom. The van der Waals surface area contributed by atoms with Crippen LogP contribution in [0.25, 0.3) is 11.3 Å². The van der Waals surface area contributed by atoms with E-state index in [9.17, 15) is 10.0 Å². The number of anilines is 1. The minimum Gasteiger partial charge on any atom is -0.595 e. The number of hydrogen-bond donors (Lipinski definition) is 2. The Morgan fingerprint density at radius 1 is 1.22 bits per heavy atom. The van der Waals surface area contributed by atoms with E-state index in [2.05, 4.69) is 5.16 Å². The lowest BCUT2D eigenvalue weighted by molar-refractivity contribution is -0.991. The third-order valence-corrected chi connectivity index (χ3v) is 3.91. The average Bonchev–Trinajstić information content (AvgIpc) is 3.15. The van der Waals surface area contributed by atoms with E-state index in [0.29, 0.717) is 17.1 Å². The van der Waals surface area contributed by atoms with Crippen LogP contribution in [0.2, 0.25) is 0 Å². The first-order chi connectivity index (χ1) is 13.0. The van der Waals surface area contributed by atoms with Crippen LogP contribution in [0.5, 0.6) is 0 Å². The Hall–Kier alpha value is -3.20. The Bertz CT molecular complexity index is 922. The average molecular weight is 369 g/mol. The van der Waals surface area contributed by atoms with Gasteiger partial charge in [-0.05, 0) is 6.07 Å². The Morgan fingerprint density at radius 2 is 1.96 bits per heavy atom. The summed E-state index contributed by atoms with van der Waals surface area (Å²) in [7, 11) is 3.52. The van der Waals surface area contributed by atoms with Crippen molar-refractivity contribution in [2.45, 2.75) is 6.61 Å². The molecule has 0 fully saturated rings. The highest BCUT2D eigenvalue weighted by atomic mass is 16.8. The van der Waals surface area contributed by atoms with Gasteiger partial charge in [-0.15, -0.1) is 0 Å². The van der Waals surface area contributed by atoms with Crippen LogP contribution < -0.4 is 10.1 Å². The highest BCUT2D eigenvalue weighted by Gasteiger charge is 2.18. The van der Waals surface area contributed by atoms with Gasteiger partial charge in [0.25, 0.3) is 0 Å². The topological polar surface area (TPSA) is 103 Å². The third kappa shape index (κ3) is 4.32. The lowest BCUT2D eigenvalue weighted by atomic mass is 10.1. The molecule has 1 unspecified atom stereocenters. The molecular weight excluding hydrogens is 350 g/mol. The zero-order valence-electron chi connectivity index (χ0n) is 14.9. The van der Waals surface area contributed by atoms with Gasteiger partial charge in [0.15, 0.2) is 11.4 Å². The molecule has 0 aliphatic carbocycles. The summed E-state index contributed by atoms with van der Waals surface area (Å²) in [4.78, 5) is 14.2. The van der Waals surface area contributed by atoms with Crippen LogP contribution in [0, 0.1) is 5.21 Å². The minimum absolute atomic E-state index is 0.0142. The monoisotopic (exact) mass is 369 g/mol. The maximum absolute atomic E-state index is 12.5. The van der Waals surface area contributed by atoms with E-state index >= 15 is 0 Å². The van der Waals surface area contributed by atoms with Gasteiger partial charge in [-0.2, -0.15) is 5.23 Å². The maximum atomic E-state index is 12.5. The molecule has 1 aromatic heterocycles. The number of nitrogens with zero attached hydrogens (tertiary/aromatic N) is 2. The molecular formula is C19H19N3O5. The lowest BCUT2D eigenvalue weighted by Gasteiger charge is -2.19. The van der Waals surface area contributed by atoms with Crippen molar-refractivity contribution in [2.24, 2.45) is 0 Å². The molecule has 0 saturated carbocycles. The van der Waals surface area contributed by atoms with Crippen LogP contribution >= 0.6 is 0 Å². The number of quaternary nitrogens is 1. The number of hydrogen-bond acceptors (Lipinski definition) is 7. The van der Waals surface area contributed by atoms with Gasteiger partial charge >= 0.3 is 5.97 Å². The SMILES string of the molecule is CN(C)c1ccc([NH+]([O-])O)cc1C(=O)OCc1cc(-c2ccccc2)on1. The van der Waals surface area contributed by atoms with E-state index < -0.39 is 11.2 Å². The Labute approximate surface area is 155 Å². The summed E-state index contributed by atoms with van der Waals surface area (Å²) in [6.45, 7) is -0.0840.